The highest BCUT2D eigenvalue weighted by Gasteiger charge is 2.33. The van der Waals surface area contributed by atoms with E-state index in [2.05, 4.69) is 10.6 Å². The summed E-state index contributed by atoms with van der Waals surface area (Å²) in [5.41, 5.74) is -1.16. The number of hydrogen-bond donors (Lipinski definition) is 3. The molecular formula is C16H18F3N3O4. The predicted molar refractivity (Wildman–Crippen MR) is 84.5 cm³/mol. The molecule has 7 nitrogen and oxygen atoms in total. The highest BCUT2D eigenvalue weighted by atomic mass is 19.4. The van der Waals surface area contributed by atoms with Gasteiger partial charge in [-0.3, -0.25) is 9.59 Å². The SMILES string of the molecule is C[C@@H]1C[C@@H](NC(=O)CNC(=O)c2cccc(C(F)(F)F)c2)CN1C(=O)O. The van der Waals surface area contributed by atoms with E-state index in [1.807, 2.05) is 0 Å². The lowest BCUT2D eigenvalue weighted by molar-refractivity contribution is -0.137. The van der Waals surface area contributed by atoms with Gasteiger partial charge in [0.2, 0.25) is 5.91 Å². The summed E-state index contributed by atoms with van der Waals surface area (Å²) in [6.45, 7) is 1.44. The minimum Gasteiger partial charge on any atom is -0.465 e. The smallest absolute Gasteiger partial charge is 0.416 e. The Labute approximate surface area is 147 Å². The first-order valence-electron chi connectivity index (χ1n) is 7.82. The van der Waals surface area contributed by atoms with Gasteiger partial charge in [-0.05, 0) is 31.5 Å². The monoisotopic (exact) mass is 373 g/mol. The number of carbonyl (C=O) groups excluding carboxylic acids is 2. The lowest BCUT2D eigenvalue weighted by Crippen LogP contribution is -2.43. The molecule has 0 bridgehead atoms. The number of amides is 3. The zero-order valence-corrected chi connectivity index (χ0v) is 13.8. The summed E-state index contributed by atoms with van der Waals surface area (Å²) < 4.78 is 38.0. The van der Waals surface area contributed by atoms with E-state index in [0.717, 1.165) is 12.1 Å². The molecule has 3 amide bonds. The Morgan fingerprint density at radius 2 is 2.00 bits per heavy atom. The molecule has 0 aliphatic carbocycles. The van der Waals surface area contributed by atoms with Gasteiger partial charge in [0.15, 0.2) is 0 Å². The van der Waals surface area contributed by atoms with Gasteiger partial charge in [-0.1, -0.05) is 6.07 Å². The molecule has 1 heterocycles. The summed E-state index contributed by atoms with van der Waals surface area (Å²) >= 11 is 0. The van der Waals surface area contributed by atoms with E-state index in [9.17, 15) is 27.6 Å². The van der Waals surface area contributed by atoms with Crippen LogP contribution in [0.5, 0.6) is 0 Å². The van der Waals surface area contributed by atoms with Gasteiger partial charge in [0.25, 0.3) is 5.91 Å². The van der Waals surface area contributed by atoms with Crippen molar-refractivity contribution in [1.29, 1.82) is 0 Å². The molecular weight excluding hydrogens is 355 g/mol. The van der Waals surface area contributed by atoms with E-state index >= 15 is 0 Å². The maximum Gasteiger partial charge on any atom is 0.416 e. The van der Waals surface area contributed by atoms with Crippen LogP contribution >= 0.6 is 0 Å². The molecule has 2 atom stereocenters. The number of alkyl halides is 3. The van der Waals surface area contributed by atoms with Gasteiger partial charge in [-0.15, -0.1) is 0 Å². The number of nitrogens with one attached hydrogen (secondary N) is 2. The molecule has 0 spiro atoms. The number of likely N-dealkylation sites (tertiary alicyclic amines) is 1. The third kappa shape index (κ3) is 4.87. The van der Waals surface area contributed by atoms with Crippen LogP contribution in [0, 0.1) is 0 Å². The van der Waals surface area contributed by atoms with Crippen molar-refractivity contribution in [2.24, 2.45) is 0 Å². The number of carboxylic acid groups (broad SMARTS) is 1. The summed E-state index contributed by atoms with van der Waals surface area (Å²) in [5, 5.41) is 13.8. The zero-order chi connectivity index (χ0) is 19.5. The normalized spacial score (nSPS) is 19.9. The van der Waals surface area contributed by atoms with Gasteiger partial charge in [-0.2, -0.15) is 13.2 Å². The van der Waals surface area contributed by atoms with Crippen LogP contribution in [0.15, 0.2) is 24.3 Å². The Balaban J connectivity index is 1.86. The van der Waals surface area contributed by atoms with E-state index in [1.54, 1.807) is 6.92 Å². The van der Waals surface area contributed by atoms with Crippen molar-refractivity contribution in [3.8, 4) is 0 Å². The van der Waals surface area contributed by atoms with Crippen LogP contribution in [0.1, 0.15) is 29.3 Å². The molecule has 0 saturated carbocycles. The second-order valence-electron chi connectivity index (χ2n) is 6.05. The molecule has 1 aliphatic heterocycles. The van der Waals surface area contributed by atoms with Crippen LogP contribution in [0.3, 0.4) is 0 Å². The highest BCUT2D eigenvalue weighted by Crippen LogP contribution is 2.29. The standard InChI is InChI=1S/C16H18F3N3O4/c1-9-5-12(8-22(9)15(25)26)21-13(23)7-20-14(24)10-3-2-4-11(6-10)16(17,18)19/h2-4,6,9,12H,5,7-8H2,1H3,(H,20,24)(H,21,23)(H,25,26)/t9-,12-/m1/s1. The maximum atomic E-state index is 12.7. The molecule has 0 aromatic heterocycles. The van der Waals surface area contributed by atoms with E-state index in [0.29, 0.717) is 12.5 Å². The van der Waals surface area contributed by atoms with Gasteiger partial charge in [0, 0.05) is 24.2 Å². The highest BCUT2D eigenvalue weighted by molar-refractivity contribution is 5.96. The molecule has 2 rings (SSSR count). The van der Waals surface area contributed by atoms with Crippen molar-refractivity contribution in [2.45, 2.75) is 31.6 Å². The van der Waals surface area contributed by atoms with Gasteiger partial charge in [0.05, 0.1) is 12.1 Å². The summed E-state index contributed by atoms with van der Waals surface area (Å²) in [6, 6.07) is 3.26. The van der Waals surface area contributed by atoms with Crippen LogP contribution < -0.4 is 10.6 Å². The van der Waals surface area contributed by atoms with E-state index in [-0.39, 0.29) is 24.2 Å². The Kier molecular flexibility index (Phi) is 5.73. The molecule has 0 radical (unpaired) electrons. The maximum absolute atomic E-state index is 12.7. The minimum absolute atomic E-state index is 0.143. The van der Waals surface area contributed by atoms with Gasteiger partial charge >= 0.3 is 12.3 Å². The molecule has 26 heavy (non-hydrogen) atoms. The molecule has 1 fully saturated rings. The topological polar surface area (TPSA) is 98.7 Å². The predicted octanol–water partition coefficient (Wildman–Crippen LogP) is 1.69. The van der Waals surface area contributed by atoms with Gasteiger partial charge in [0.1, 0.15) is 0 Å². The van der Waals surface area contributed by atoms with E-state index in [4.69, 9.17) is 5.11 Å². The fourth-order valence-electron chi connectivity index (χ4n) is 2.78. The minimum atomic E-state index is -4.57. The van der Waals surface area contributed by atoms with Gasteiger partial charge < -0.3 is 20.6 Å². The van der Waals surface area contributed by atoms with Crippen molar-refractivity contribution in [2.75, 3.05) is 13.1 Å². The summed E-state index contributed by atoms with van der Waals surface area (Å²) in [6.07, 6.45) is -5.20. The molecule has 3 N–H and O–H groups in total. The van der Waals surface area contributed by atoms with E-state index < -0.39 is 36.2 Å². The lowest BCUT2D eigenvalue weighted by Gasteiger charge is -2.16. The Hall–Kier alpha value is -2.78. The summed E-state index contributed by atoms with van der Waals surface area (Å²) in [7, 11) is 0. The van der Waals surface area contributed by atoms with Crippen molar-refractivity contribution >= 4 is 17.9 Å². The first-order chi connectivity index (χ1) is 12.1. The first kappa shape index (κ1) is 19.5. The largest absolute Gasteiger partial charge is 0.465 e. The van der Waals surface area contributed by atoms with Crippen LogP contribution in [-0.2, 0) is 11.0 Å². The average Bonchev–Trinajstić information content (AvgIpc) is 2.92. The molecule has 1 aromatic carbocycles. The van der Waals surface area contributed by atoms with Crippen LogP contribution in [0.4, 0.5) is 18.0 Å². The number of benzene rings is 1. The second kappa shape index (κ2) is 7.63. The van der Waals surface area contributed by atoms with Gasteiger partial charge in [-0.25, -0.2) is 4.79 Å². The molecule has 1 saturated heterocycles. The average molecular weight is 373 g/mol. The van der Waals surface area contributed by atoms with Crippen molar-refractivity contribution in [3.63, 3.8) is 0 Å². The second-order valence-corrected chi connectivity index (χ2v) is 6.05. The molecule has 1 aliphatic rings. The number of carbonyl (C=O) groups is 3. The third-order valence-electron chi connectivity index (χ3n) is 4.05. The summed E-state index contributed by atoms with van der Waals surface area (Å²) in [4.78, 5) is 36.0. The van der Waals surface area contributed by atoms with Crippen molar-refractivity contribution in [3.05, 3.63) is 35.4 Å². The Morgan fingerprint density at radius 3 is 2.58 bits per heavy atom. The number of rotatable bonds is 4. The fraction of sp³-hybridized carbons (Fsp3) is 0.438. The molecule has 1 aromatic rings. The molecule has 0 unspecified atom stereocenters. The summed E-state index contributed by atoms with van der Waals surface area (Å²) in [5.74, 6) is -1.35. The number of nitrogens with zero attached hydrogens (tertiary/aromatic N) is 1. The van der Waals surface area contributed by atoms with E-state index in [1.165, 1.54) is 11.0 Å². The van der Waals surface area contributed by atoms with Crippen LogP contribution in [0.25, 0.3) is 0 Å². The van der Waals surface area contributed by atoms with Crippen molar-refractivity contribution in [1.82, 2.24) is 15.5 Å². The van der Waals surface area contributed by atoms with Crippen molar-refractivity contribution < 1.29 is 32.7 Å². The molecule has 142 valence electrons. The Bertz CT molecular complexity index is 708. The zero-order valence-electron chi connectivity index (χ0n) is 13.8. The Morgan fingerprint density at radius 1 is 1.31 bits per heavy atom. The van der Waals surface area contributed by atoms with Crippen LogP contribution in [0.2, 0.25) is 0 Å². The number of halogens is 3. The fourth-order valence-corrected chi connectivity index (χ4v) is 2.78. The lowest BCUT2D eigenvalue weighted by atomic mass is 10.1. The molecule has 10 heteroatoms. The third-order valence-corrected chi connectivity index (χ3v) is 4.05. The first-order valence-corrected chi connectivity index (χ1v) is 7.82. The number of hydrogen-bond acceptors (Lipinski definition) is 3. The quantitative estimate of drug-likeness (QED) is 0.748. The van der Waals surface area contributed by atoms with Crippen LogP contribution in [-0.4, -0.2) is 53.1 Å².